The van der Waals surface area contributed by atoms with Crippen LogP contribution in [0.1, 0.15) is 49.4 Å². The molecule has 1 aromatic heterocycles. The summed E-state index contributed by atoms with van der Waals surface area (Å²) >= 11 is 3.54. The molecule has 1 heterocycles. The van der Waals surface area contributed by atoms with Crippen LogP contribution in [0.25, 0.3) is 0 Å². The van der Waals surface area contributed by atoms with Gasteiger partial charge in [0.2, 0.25) is 0 Å². The Hall–Kier alpha value is -1.09. The first kappa shape index (κ1) is 12.9. The summed E-state index contributed by atoms with van der Waals surface area (Å²) in [6.07, 6.45) is 10.8. The molecule has 3 heteroatoms. The van der Waals surface area contributed by atoms with E-state index >= 15 is 0 Å². The predicted molar refractivity (Wildman–Crippen MR) is 81.3 cm³/mol. The summed E-state index contributed by atoms with van der Waals surface area (Å²) in [6.45, 7) is 0.922. The molecule has 1 aliphatic rings. The minimum atomic E-state index is 0.663. The zero-order chi connectivity index (χ0) is 13.1. The van der Waals surface area contributed by atoms with E-state index in [-0.39, 0.29) is 0 Å². The summed E-state index contributed by atoms with van der Waals surface area (Å²) in [5.41, 5.74) is 1.32. The first-order valence-corrected chi connectivity index (χ1v) is 7.88. The maximum atomic E-state index is 4.61. The monoisotopic (exact) mass is 318 g/mol. The van der Waals surface area contributed by atoms with E-state index in [1.807, 2.05) is 6.20 Å². The topological polar surface area (TPSA) is 17.8 Å². The van der Waals surface area contributed by atoms with Crippen molar-refractivity contribution < 1.29 is 0 Å². The minimum absolute atomic E-state index is 0.663. The van der Waals surface area contributed by atoms with Gasteiger partial charge in [-0.2, -0.15) is 0 Å². The number of rotatable bonds is 3. The van der Waals surface area contributed by atoms with Crippen LogP contribution in [0.2, 0.25) is 0 Å². The number of nitrogens with zero attached hydrogens (tertiary/aromatic N) is 2. The average Bonchev–Trinajstić information content (AvgIpc) is 2.88. The lowest BCUT2D eigenvalue weighted by molar-refractivity contribution is 0.418. The smallest absolute Gasteiger partial charge is 0.112 e. The molecule has 2 nitrogen and oxygen atoms in total. The van der Waals surface area contributed by atoms with Crippen molar-refractivity contribution in [2.75, 3.05) is 0 Å². The van der Waals surface area contributed by atoms with Crippen LogP contribution in [-0.4, -0.2) is 9.55 Å². The molecule has 100 valence electrons. The maximum absolute atomic E-state index is 4.61. The molecule has 0 aliphatic heterocycles. The van der Waals surface area contributed by atoms with Crippen LogP contribution >= 0.6 is 15.9 Å². The summed E-state index contributed by atoms with van der Waals surface area (Å²) < 4.78 is 3.46. The van der Waals surface area contributed by atoms with E-state index in [1.165, 1.54) is 43.5 Å². The predicted octanol–water partition coefficient (Wildman–Crippen LogP) is 4.74. The van der Waals surface area contributed by atoms with Gasteiger partial charge in [0, 0.05) is 29.3 Å². The molecule has 0 unspecified atom stereocenters. The lowest BCUT2D eigenvalue weighted by Gasteiger charge is -2.22. The van der Waals surface area contributed by atoms with E-state index in [4.69, 9.17) is 0 Å². The van der Waals surface area contributed by atoms with Crippen molar-refractivity contribution >= 4 is 15.9 Å². The van der Waals surface area contributed by atoms with Crippen LogP contribution in [0, 0.1) is 0 Å². The van der Waals surface area contributed by atoms with E-state index < -0.39 is 0 Å². The fraction of sp³-hybridized carbons (Fsp3) is 0.438. The van der Waals surface area contributed by atoms with Gasteiger partial charge < -0.3 is 4.57 Å². The van der Waals surface area contributed by atoms with Gasteiger partial charge >= 0.3 is 0 Å². The van der Waals surface area contributed by atoms with E-state index in [9.17, 15) is 0 Å². The Morgan fingerprint density at radius 2 is 2.05 bits per heavy atom. The van der Waals surface area contributed by atoms with Crippen molar-refractivity contribution in [3.63, 3.8) is 0 Å². The molecule has 0 bridgehead atoms. The van der Waals surface area contributed by atoms with Crippen molar-refractivity contribution in [1.82, 2.24) is 9.55 Å². The molecular formula is C16H19BrN2. The molecule has 1 aliphatic carbocycles. The molecule has 0 saturated heterocycles. The normalized spacial score (nSPS) is 16.7. The Bertz CT molecular complexity index is 541. The molecule has 3 rings (SSSR count). The van der Waals surface area contributed by atoms with Gasteiger partial charge in [0.1, 0.15) is 5.82 Å². The van der Waals surface area contributed by atoms with E-state index in [1.54, 1.807) is 0 Å². The van der Waals surface area contributed by atoms with Gasteiger partial charge in [0.05, 0.1) is 0 Å². The number of halogens is 1. The number of aromatic nitrogens is 2. The summed E-state index contributed by atoms with van der Waals surface area (Å²) in [6, 6.07) is 8.52. The van der Waals surface area contributed by atoms with E-state index in [0.717, 1.165) is 11.0 Å². The molecule has 19 heavy (non-hydrogen) atoms. The molecular weight excluding hydrogens is 300 g/mol. The van der Waals surface area contributed by atoms with Gasteiger partial charge in [-0.15, -0.1) is 0 Å². The van der Waals surface area contributed by atoms with Crippen LogP contribution in [0.5, 0.6) is 0 Å². The first-order valence-electron chi connectivity index (χ1n) is 7.08. The standard InChI is InChI=1S/C16H19BrN2/c17-15-8-4-5-13(11-15)12-19-10-9-18-16(19)14-6-2-1-3-7-14/h4-5,8-11,14H,1-3,6-7,12H2. The Kier molecular flexibility index (Phi) is 4.02. The first-order chi connectivity index (χ1) is 9.33. The van der Waals surface area contributed by atoms with Crippen LogP contribution < -0.4 is 0 Å². The molecule has 2 aromatic rings. The van der Waals surface area contributed by atoms with Crippen molar-refractivity contribution in [1.29, 1.82) is 0 Å². The number of hydrogen-bond acceptors (Lipinski definition) is 1. The molecule has 0 radical (unpaired) electrons. The van der Waals surface area contributed by atoms with Crippen molar-refractivity contribution in [2.45, 2.75) is 44.6 Å². The second-order valence-corrected chi connectivity index (χ2v) is 6.29. The van der Waals surface area contributed by atoms with Gasteiger partial charge in [0.15, 0.2) is 0 Å². The van der Waals surface area contributed by atoms with Crippen molar-refractivity contribution in [3.05, 3.63) is 52.5 Å². The number of hydrogen-bond donors (Lipinski definition) is 0. The lowest BCUT2D eigenvalue weighted by atomic mass is 9.88. The fourth-order valence-electron chi connectivity index (χ4n) is 3.01. The summed E-state index contributed by atoms with van der Waals surface area (Å²) in [7, 11) is 0. The third kappa shape index (κ3) is 3.08. The Balaban J connectivity index is 1.80. The highest BCUT2D eigenvalue weighted by Gasteiger charge is 2.19. The Morgan fingerprint density at radius 1 is 1.21 bits per heavy atom. The second kappa shape index (κ2) is 5.91. The number of imidazole rings is 1. The van der Waals surface area contributed by atoms with E-state index in [2.05, 4.69) is 55.9 Å². The van der Waals surface area contributed by atoms with Crippen LogP contribution in [0.15, 0.2) is 41.1 Å². The highest BCUT2D eigenvalue weighted by molar-refractivity contribution is 9.10. The van der Waals surface area contributed by atoms with Crippen molar-refractivity contribution in [2.24, 2.45) is 0 Å². The van der Waals surface area contributed by atoms with Crippen LogP contribution in [0.4, 0.5) is 0 Å². The maximum Gasteiger partial charge on any atom is 0.112 e. The van der Waals surface area contributed by atoms with Crippen molar-refractivity contribution in [3.8, 4) is 0 Å². The Morgan fingerprint density at radius 3 is 2.84 bits per heavy atom. The summed E-state index contributed by atoms with van der Waals surface area (Å²) in [5.74, 6) is 1.94. The highest BCUT2D eigenvalue weighted by atomic mass is 79.9. The molecule has 0 N–H and O–H groups in total. The van der Waals surface area contributed by atoms with Crippen LogP contribution in [0.3, 0.4) is 0 Å². The number of benzene rings is 1. The molecule has 1 aromatic carbocycles. The summed E-state index contributed by atoms with van der Waals surface area (Å²) in [4.78, 5) is 4.61. The molecule has 1 fully saturated rings. The lowest BCUT2D eigenvalue weighted by Crippen LogP contribution is -2.12. The second-order valence-electron chi connectivity index (χ2n) is 5.38. The highest BCUT2D eigenvalue weighted by Crippen LogP contribution is 2.31. The average molecular weight is 319 g/mol. The Labute approximate surface area is 123 Å². The molecule has 0 atom stereocenters. The third-order valence-corrected chi connectivity index (χ3v) is 4.45. The molecule has 1 saturated carbocycles. The fourth-order valence-corrected chi connectivity index (χ4v) is 3.45. The third-order valence-electron chi connectivity index (χ3n) is 3.96. The van der Waals surface area contributed by atoms with Gasteiger partial charge in [-0.25, -0.2) is 4.98 Å². The molecule has 0 amide bonds. The van der Waals surface area contributed by atoms with Gasteiger partial charge in [-0.1, -0.05) is 47.3 Å². The molecule has 0 spiro atoms. The van der Waals surface area contributed by atoms with Gasteiger partial charge in [-0.3, -0.25) is 0 Å². The minimum Gasteiger partial charge on any atom is -0.330 e. The van der Waals surface area contributed by atoms with Crippen LogP contribution in [-0.2, 0) is 6.54 Å². The zero-order valence-electron chi connectivity index (χ0n) is 11.1. The largest absolute Gasteiger partial charge is 0.330 e. The SMILES string of the molecule is Brc1cccc(Cn2ccnc2C2CCCCC2)c1. The zero-order valence-corrected chi connectivity index (χ0v) is 12.6. The van der Waals surface area contributed by atoms with Gasteiger partial charge in [-0.05, 0) is 30.5 Å². The quantitative estimate of drug-likeness (QED) is 0.799. The summed E-state index contributed by atoms with van der Waals surface area (Å²) in [5, 5.41) is 0. The van der Waals surface area contributed by atoms with Gasteiger partial charge in [0.25, 0.3) is 0 Å². The van der Waals surface area contributed by atoms with E-state index in [0.29, 0.717) is 5.92 Å².